The van der Waals surface area contributed by atoms with Gasteiger partial charge in [-0.2, -0.15) is 5.10 Å². The lowest BCUT2D eigenvalue weighted by atomic mass is 10.2. The molecule has 0 atom stereocenters. The Balaban J connectivity index is 2.14. The molecule has 0 unspecified atom stereocenters. The molecule has 0 aliphatic carbocycles. The van der Waals surface area contributed by atoms with Gasteiger partial charge in [0.1, 0.15) is 5.82 Å². The van der Waals surface area contributed by atoms with Gasteiger partial charge in [0.15, 0.2) is 11.5 Å². The van der Waals surface area contributed by atoms with Gasteiger partial charge < -0.3 is 9.47 Å². The molecule has 5 nitrogen and oxygen atoms in total. The Morgan fingerprint density at radius 1 is 1.27 bits per heavy atom. The second-order valence-corrected chi connectivity index (χ2v) is 5.70. The number of carbonyl (C=O) groups is 1. The van der Waals surface area contributed by atoms with E-state index in [1.165, 1.54) is 24.4 Å². The fourth-order valence-electron chi connectivity index (χ4n) is 2.14. The summed E-state index contributed by atoms with van der Waals surface area (Å²) in [5.74, 6) is -0.282. The molecular formula is C19H20ClFN2O3. The molecule has 0 radical (unpaired) electrons. The summed E-state index contributed by atoms with van der Waals surface area (Å²) in [6.45, 7) is 4.82. The zero-order valence-corrected chi connectivity index (χ0v) is 15.3. The van der Waals surface area contributed by atoms with Crippen LogP contribution in [0.2, 0.25) is 5.02 Å². The molecule has 0 saturated heterocycles. The predicted octanol–water partition coefficient (Wildman–Crippen LogP) is 4.43. The van der Waals surface area contributed by atoms with Gasteiger partial charge in [-0.15, -0.1) is 0 Å². The van der Waals surface area contributed by atoms with E-state index in [0.717, 1.165) is 6.42 Å². The van der Waals surface area contributed by atoms with Crippen molar-refractivity contribution in [3.05, 3.63) is 58.4 Å². The average Bonchev–Trinajstić information content (AvgIpc) is 2.61. The number of halogens is 2. The first kappa shape index (κ1) is 19.7. The van der Waals surface area contributed by atoms with Crippen LogP contribution in [0.3, 0.4) is 0 Å². The number of hydrazone groups is 1. The number of nitrogens with one attached hydrogen (secondary N) is 1. The van der Waals surface area contributed by atoms with Crippen LogP contribution in [-0.2, 0) is 0 Å². The van der Waals surface area contributed by atoms with Crippen LogP contribution in [-0.4, -0.2) is 25.3 Å². The van der Waals surface area contributed by atoms with E-state index in [2.05, 4.69) is 10.5 Å². The molecule has 26 heavy (non-hydrogen) atoms. The first-order valence-electron chi connectivity index (χ1n) is 8.23. The molecule has 0 aliphatic rings. The standard InChI is InChI=1S/C19H20ClFN2O3/c1-3-9-26-18-15(20)10-13(11-17(18)25-4-2)12-22-23-19(24)14-7-5-6-8-16(14)21/h5-8,10-12H,3-4,9H2,1-2H3,(H,23,24)/b22-12-. The number of hydrogen-bond acceptors (Lipinski definition) is 4. The van der Waals surface area contributed by atoms with Crippen molar-refractivity contribution in [1.29, 1.82) is 0 Å². The van der Waals surface area contributed by atoms with Crippen molar-refractivity contribution < 1.29 is 18.7 Å². The number of nitrogens with zero attached hydrogens (tertiary/aromatic N) is 1. The zero-order valence-electron chi connectivity index (χ0n) is 14.6. The SMILES string of the molecule is CCCOc1c(Cl)cc(/C=N\NC(=O)c2ccccc2F)cc1OCC. The molecule has 0 aliphatic heterocycles. The number of benzene rings is 2. The highest BCUT2D eigenvalue weighted by Gasteiger charge is 2.12. The molecule has 138 valence electrons. The molecule has 2 rings (SSSR count). The summed E-state index contributed by atoms with van der Waals surface area (Å²) in [7, 11) is 0. The van der Waals surface area contributed by atoms with Gasteiger partial charge in [-0.1, -0.05) is 30.7 Å². The first-order chi connectivity index (χ1) is 12.6. The Morgan fingerprint density at radius 3 is 2.73 bits per heavy atom. The van der Waals surface area contributed by atoms with E-state index in [9.17, 15) is 9.18 Å². The van der Waals surface area contributed by atoms with Crippen LogP contribution in [0.1, 0.15) is 36.2 Å². The van der Waals surface area contributed by atoms with Crippen molar-refractivity contribution in [3.63, 3.8) is 0 Å². The van der Waals surface area contributed by atoms with Gasteiger partial charge in [0.05, 0.1) is 30.0 Å². The van der Waals surface area contributed by atoms with Gasteiger partial charge in [0.25, 0.3) is 5.91 Å². The maximum absolute atomic E-state index is 13.6. The van der Waals surface area contributed by atoms with Crippen molar-refractivity contribution in [3.8, 4) is 11.5 Å². The number of carbonyl (C=O) groups excluding carboxylic acids is 1. The van der Waals surface area contributed by atoms with Crippen LogP contribution in [0.5, 0.6) is 11.5 Å². The zero-order chi connectivity index (χ0) is 18.9. The van der Waals surface area contributed by atoms with Crippen molar-refractivity contribution in [2.24, 2.45) is 5.10 Å². The third kappa shape index (κ3) is 5.20. The number of ether oxygens (including phenoxy) is 2. The minimum Gasteiger partial charge on any atom is -0.490 e. The molecule has 0 saturated carbocycles. The summed E-state index contributed by atoms with van der Waals surface area (Å²) in [6.07, 6.45) is 2.24. The minimum absolute atomic E-state index is 0.0824. The lowest BCUT2D eigenvalue weighted by Gasteiger charge is -2.13. The third-order valence-corrected chi connectivity index (χ3v) is 3.56. The van der Waals surface area contributed by atoms with Crippen LogP contribution in [0, 0.1) is 5.82 Å². The van der Waals surface area contributed by atoms with Crippen LogP contribution < -0.4 is 14.9 Å². The molecule has 0 spiro atoms. The van der Waals surface area contributed by atoms with Gasteiger partial charge in [-0.25, -0.2) is 9.82 Å². The van der Waals surface area contributed by atoms with Gasteiger partial charge in [-0.3, -0.25) is 4.79 Å². The van der Waals surface area contributed by atoms with Crippen molar-refractivity contribution in [2.75, 3.05) is 13.2 Å². The van der Waals surface area contributed by atoms with E-state index in [0.29, 0.717) is 35.3 Å². The highest BCUT2D eigenvalue weighted by Crippen LogP contribution is 2.36. The highest BCUT2D eigenvalue weighted by molar-refractivity contribution is 6.32. The maximum Gasteiger partial charge on any atom is 0.274 e. The molecular weight excluding hydrogens is 359 g/mol. The Kier molecular flexibility index (Phi) is 7.41. The van der Waals surface area contributed by atoms with E-state index >= 15 is 0 Å². The molecule has 0 fully saturated rings. The second-order valence-electron chi connectivity index (χ2n) is 5.29. The van der Waals surface area contributed by atoms with Crippen LogP contribution in [0.25, 0.3) is 0 Å². The van der Waals surface area contributed by atoms with E-state index < -0.39 is 11.7 Å². The van der Waals surface area contributed by atoms with Crippen molar-refractivity contribution >= 4 is 23.7 Å². The molecule has 7 heteroatoms. The molecule has 2 aromatic rings. The van der Waals surface area contributed by atoms with Crippen LogP contribution in [0.15, 0.2) is 41.5 Å². The lowest BCUT2D eigenvalue weighted by molar-refractivity contribution is 0.0951. The van der Waals surface area contributed by atoms with Gasteiger partial charge in [0, 0.05) is 0 Å². The summed E-state index contributed by atoms with van der Waals surface area (Å²) >= 11 is 6.26. The Hall–Kier alpha value is -2.60. The number of hydrogen-bond donors (Lipinski definition) is 1. The molecule has 0 aromatic heterocycles. The topological polar surface area (TPSA) is 59.9 Å². The van der Waals surface area contributed by atoms with E-state index in [-0.39, 0.29) is 5.56 Å². The predicted molar refractivity (Wildman–Crippen MR) is 99.9 cm³/mol. The molecule has 1 amide bonds. The molecule has 0 bridgehead atoms. The van der Waals surface area contributed by atoms with E-state index in [4.69, 9.17) is 21.1 Å². The Labute approximate surface area is 156 Å². The van der Waals surface area contributed by atoms with Crippen molar-refractivity contribution in [1.82, 2.24) is 5.43 Å². The number of amides is 1. The lowest BCUT2D eigenvalue weighted by Crippen LogP contribution is -2.18. The molecule has 0 heterocycles. The van der Waals surface area contributed by atoms with E-state index in [1.807, 2.05) is 13.8 Å². The largest absolute Gasteiger partial charge is 0.490 e. The Bertz CT molecular complexity index is 796. The van der Waals surface area contributed by atoms with Gasteiger partial charge in [0.2, 0.25) is 0 Å². The minimum atomic E-state index is -0.640. The smallest absolute Gasteiger partial charge is 0.274 e. The summed E-state index contributed by atoms with van der Waals surface area (Å²) < 4.78 is 24.8. The van der Waals surface area contributed by atoms with Crippen molar-refractivity contribution in [2.45, 2.75) is 20.3 Å². The monoisotopic (exact) mass is 378 g/mol. The second kappa shape index (κ2) is 9.77. The van der Waals surface area contributed by atoms with Gasteiger partial charge in [-0.05, 0) is 43.2 Å². The quantitative estimate of drug-likeness (QED) is 0.546. The normalized spacial score (nSPS) is 10.8. The Morgan fingerprint density at radius 2 is 2.04 bits per heavy atom. The summed E-state index contributed by atoms with van der Waals surface area (Å²) in [5.41, 5.74) is 2.81. The van der Waals surface area contributed by atoms with Gasteiger partial charge >= 0.3 is 0 Å². The molecule has 2 aromatic carbocycles. The average molecular weight is 379 g/mol. The maximum atomic E-state index is 13.6. The number of rotatable bonds is 8. The summed E-state index contributed by atoms with van der Waals surface area (Å²) in [6, 6.07) is 9.03. The fraction of sp³-hybridized carbons (Fsp3) is 0.263. The van der Waals surface area contributed by atoms with E-state index in [1.54, 1.807) is 18.2 Å². The van der Waals surface area contributed by atoms with Crippen LogP contribution >= 0.6 is 11.6 Å². The first-order valence-corrected chi connectivity index (χ1v) is 8.61. The molecule has 1 N–H and O–H groups in total. The fourth-order valence-corrected chi connectivity index (χ4v) is 2.41. The third-order valence-electron chi connectivity index (χ3n) is 3.28. The van der Waals surface area contributed by atoms with Crippen LogP contribution in [0.4, 0.5) is 4.39 Å². The highest BCUT2D eigenvalue weighted by atomic mass is 35.5. The summed E-state index contributed by atoms with van der Waals surface area (Å²) in [4.78, 5) is 11.9. The summed E-state index contributed by atoms with van der Waals surface area (Å²) in [5, 5.41) is 4.23.